The number of carbonyl (C=O) groups is 1. The molecule has 1 aliphatic heterocycles. The molecule has 0 spiro atoms. The Morgan fingerprint density at radius 1 is 1.25 bits per heavy atom. The zero-order valence-corrected chi connectivity index (χ0v) is 11.9. The fraction of sp³-hybridized carbons (Fsp3) is 0.625. The first-order chi connectivity index (χ1) is 9.77. The van der Waals surface area contributed by atoms with Crippen molar-refractivity contribution in [2.45, 2.75) is 50.6 Å². The number of nitrogens with two attached hydrogens (primary N) is 1. The van der Waals surface area contributed by atoms with Crippen LogP contribution < -0.4 is 5.73 Å². The molecule has 1 amide bonds. The van der Waals surface area contributed by atoms with Gasteiger partial charge in [-0.1, -0.05) is 18.9 Å². The Balaban J connectivity index is 1.76. The SMILES string of the molecule is NC1CCCCC1C(=O)N1CCCC1c1cccnc1. The Kier molecular flexibility index (Phi) is 4.01. The molecule has 1 aromatic rings. The third-order valence-corrected chi connectivity index (χ3v) is 4.74. The van der Waals surface area contributed by atoms with Crippen LogP contribution >= 0.6 is 0 Å². The van der Waals surface area contributed by atoms with Gasteiger partial charge < -0.3 is 10.6 Å². The second-order valence-corrected chi connectivity index (χ2v) is 6.03. The van der Waals surface area contributed by atoms with Gasteiger partial charge in [-0.25, -0.2) is 0 Å². The van der Waals surface area contributed by atoms with Gasteiger partial charge in [0.2, 0.25) is 5.91 Å². The minimum atomic E-state index is 0.0287. The van der Waals surface area contributed by atoms with Crippen molar-refractivity contribution in [1.29, 1.82) is 0 Å². The molecule has 1 aromatic heterocycles. The Labute approximate surface area is 120 Å². The maximum Gasteiger partial charge on any atom is 0.227 e. The van der Waals surface area contributed by atoms with E-state index < -0.39 is 0 Å². The second kappa shape index (κ2) is 5.92. The van der Waals surface area contributed by atoms with Gasteiger partial charge in [0.15, 0.2) is 0 Å². The molecule has 3 rings (SSSR count). The lowest BCUT2D eigenvalue weighted by Crippen LogP contribution is -2.45. The first kappa shape index (κ1) is 13.6. The Bertz CT molecular complexity index is 462. The van der Waals surface area contributed by atoms with Crippen molar-refractivity contribution in [3.05, 3.63) is 30.1 Å². The predicted molar refractivity (Wildman–Crippen MR) is 77.9 cm³/mol. The third kappa shape index (κ3) is 2.57. The molecule has 0 bridgehead atoms. The number of rotatable bonds is 2. The van der Waals surface area contributed by atoms with Crippen molar-refractivity contribution in [3.63, 3.8) is 0 Å². The number of hydrogen-bond acceptors (Lipinski definition) is 3. The zero-order chi connectivity index (χ0) is 13.9. The third-order valence-electron chi connectivity index (χ3n) is 4.74. The summed E-state index contributed by atoms with van der Waals surface area (Å²) in [5.74, 6) is 0.296. The average Bonchev–Trinajstić information content (AvgIpc) is 2.97. The Hall–Kier alpha value is -1.42. The summed E-state index contributed by atoms with van der Waals surface area (Å²) in [6.07, 6.45) is 10.0. The van der Waals surface area contributed by atoms with Crippen LogP contribution in [0.4, 0.5) is 0 Å². The van der Waals surface area contributed by atoms with Crippen molar-refractivity contribution in [1.82, 2.24) is 9.88 Å². The van der Waals surface area contributed by atoms with E-state index in [0.29, 0.717) is 0 Å². The van der Waals surface area contributed by atoms with E-state index in [1.54, 1.807) is 6.20 Å². The van der Waals surface area contributed by atoms with E-state index in [1.807, 2.05) is 17.2 Å². The Morgan fingerprint density at radius 3 is 2.85 bits per heavy atom. The molecule has 1 saturated heterocycles. The van der Waals surface area contributed by atoms with E-state index in [4.69, 9.17) is 5.73 Å². The molecule has 0 radical (unpaired) electrons. The van der Waals surface area contributed by atoms with Gasteiger partial charge in [0.25, 0.3) is 0 Å². The quantitative estimate of drug-likeness (QED) is 0.899. The van der Waals surface area contributed by atoms with Crippen LogP contribution in [0.5, 0.6) is 0 Å². The number of aromatic nitrogens is 1. The highest BCUT2D eigenvalue weighted by atomic mass is 16.2. The summed E-state index contributed by atoms with van der Waals surface area (Å²) >= 11 is 0. The average molecular weight is 273 g/mol. The van der Waals surface area contributed by atoms with Gasteiger partial charge in [0.1, 0.15) is 0 Å². The fourth-order valence-electron chi connectivity index (χ4n) is 3.63. The highest BCUT2D eigenvalue weighted by molar-refractivity contribution is 5.80. The molecule has 0 aromatic carbocycles. The van der Waals surface area contributed by atoms with Crippen molar-refractivity contribution >= 4 is 5.91 Å². The smallest absolute Gasteiger partial charge is 0.227 e. The summed E-state index contributed by atoms with van der Waals surface area (Å²) < 4.78 is 0. The van der Waals surface area contributed by atoms with E-state index >= 15 is 0 Å². The molecule has 20 heavy (non-hydrogen) atoms. The summed E-state index contributed by atoms with van der Waals surface area (Å²) in [6, 6.07) is 4.27. The lowest BCUT2D eigenvalue weighted by molar-refractivity contribution is -0.138. The van der Waals surface area contributed by atoms with Gasteiger partial charge >= 0.3 is 0 Å². The standard InChI is InChI=1S/C16H23N3O/c17-14-7-2-1-6-13(14)16(20)19-10-4-8-15(19)12-5-3-9-18-11-12/h3,5,9,11,13-15H,1-2,4,6-8,10,17H2. The number of hydrogen-bond donors (Lipinski definition) is 1. The van der Waals surface area contributed by atoms with Crippen LogP contribution in [0, 0.1) is 5.92 Å². The lowest BCUT2D eigenvalue weighted by atomic mass is 9.84. The molecule has 108 valence electrons. The molecule has 3 unspecified atom stereocenters. The van der Waals surface area contributed by atoms with Gasteiger partial charge in [-0.15, -0.1) is 0 Å². The number of likely N-dealkylation sites (tertiary alicyclic amines) is 1. The van der Waals surface area contributed by atoms with Crippen molar-refractivity contribution in [2.24, 2.45) is 11.7 Å². The van der Waals surface area contributed by atoms with Crippen LogP contribution in [0.15, 0.2) is 24.5 Å². The topological polar surface area (TPSA) is 59.2 Å². The maximum absolute atomic E-state index is 12.8. The molecular weight excluding hydrogens is 250 g/mol. The van der Waals surface area contributed by atoms with Crippen molar-refractivity contribution in [3.8, 4) is 0 Å². The Morgan fingerprint density at radius 2 is 2.10 bits per heavy atom. The van der Waals surface area contributed by atoms with Crippen LogP contribution in [0.1, 0.15) is 50.1 Å². The van der Waals surface area contributed by atoms with Crippen LogP contribution in [-0.2, 0) is 4.79 Å². The van der Waals surface area contributed by atoms with E-state index in [2.05, 4.69) is 11.1 Å². The zero-order valence-electron chi connectivity index (χ0n) is 11.9. The fourth-order valence-corrected chi connectivity index (χ4v) is 3.63. The van der Waals surface area contributed by atoms with Crippen molar-refractivity contribution in [2.75, 3.05) is 6.54 Å². The molecule has 1 saturated carbocycles. The van der Waals surface area contributed by atoms with E-state index in [1.165, 1.54) is 0 Å². The van der Waals surface area contributed by atoms with Crippen LogP contribution in [-0.4, -0.2) is 28.4 Å². The van der Waals surface area contributed by atoms with Gasteiger partial charge in [0.05, 0.1) is 12.0 Å². The molecule has 4 nitrogen and oxygen atoms in total. The molecule has 2 N–H and O–H groups in total. The second-order valence-electron chi connectivity index (χ2n) is 6.03. The minimum Gasteiger partial charge on any atom is -0.335 e. The monoisotopic (exact) mass is 273 g/mol. The predicted octanol–water partition coefficient (Wildman–Crippen LogP) is 2.26. The summed E-state index contributed by atoms with van der Waals surface area (Å²) in [7, 11) is 0. The van der Waals surface area contributed by atoms with E-state index in [9.17, 15) is 4.79 Å². The highest BCUT2D eigenvalue weighted by Crippen LogP contribution is 2.35. The van der Waals surface area contributed by atoms with Crippen molar-refractivity contribution < 1.29 is 4.79 Å². The minimum absolute atomic E-state index is 0.0287. The molecule has 2 aliphatic rings. The van der Waals surface area contributed by atoms with Gasteiger partial charge in [-0.3, -0.25) is 9.78 Å². The summed E-state index contributed by atoms with van der Waals surface area (Å²) in [5.41, 5.74) is 7.33. The molecule has 3 atom stereocenters. The van der Waals surface area contributed by atoms with Crippen LogP contribution in [0.3, 0.4) is 0 Å². The van der Waals surface area contributed by atoms with E-state index in [0.717, 1.165) is 50.6 Å². The number of amides is 1. The van der Waals surface area contributed by atoms with Gasteiger partial charge in [-0.2, -0.15) is 0 Å². The first-order valence-corrected chi connectivity index (χ1v) is 7.73. The van der Waals surface area contributed by atoms with Gasteiger partial charge in [0, 0.05) is 25.0 Å². The lowest BCUT2D eigenvalue weighted by Gasteiger charge is -2.34. The molecule has 4 heteroatoms. The summed E-state index contributed by atoms with van der Waals surface area (Å²) in [4.78, 5) is 19.1. The number of pyridine rings is 1. The van der Waals surface area contributed by atoms with Crippen LogP contribution in [0.25, 0.3) is 0 Å². The molecule has 1 aliphatic carbocycles. The number of carbonyl (C=O) groups excluding carboxylic acids is 1. The summed E-state index contributed by atoms with van der Waals surface area (Å²) in [6.45, 7) is 0.863. The van der Waals surface area contributed by atoms with Gasteiger partial charge in [-0.05, 0) is 37.3 Å². The molecule has 2 fully saturated rings. The normalized spacial score (nSPS) is 30.4. The highest BCUT2D eigenvalue weighted by Gasteiger charge is 2.37. The van der Waals surface area contributed by atoms with E-state index in [-0.39, 0.29) is 23.9 Å². The maximum atomic E-state index is 12.8. The number of nitrogens with zero attached hydrogens (tertiary/aromatic N) is 2. The first-order valence-electron chi connectivity index (χ1n) is 7.73. The molecule has 2 heterocycles. The largest absolute Gasteiger partial charge is 0.335 e. The molecular formula is C16H23N3O. The summed E-state index contributed by atoms with van der Waals surface area (Å²) in [5, 5.41) is 0. The van der Waals surface area contributed by atoms with Crippen LogP contribution in [0.2, 0.25) is 0 Å².